The fourth-order valence-corrected chi connectivity index (χ4v) is 3.93. The smallest absolute Gasteiger partial charge is 0.410 e. The van der Waals surface area contributed by atoms with Crippen molar-refractivity contribution in [2.45, 2.75) is 96.2 Å². The van der Waals surface area contributed by atoms with Crippen LogP contribution < -0.4 is 0 Å². The van der Waals surface area contributed by atoms with Crippen molar-refractivity contribution in [1.82, 2.24) is 4.90 Å². The molecule has 0 spiro atoms. The molecule has 34 heavy (non-hydrogen) atoms. The van der Waals surface area contributed by atoms with E-state index in [0.29, 0.717) is 11.1 Å². The molecule has 1 saturated heterocycles. The Kier molecular flexibility index (Phi) is 8.02. The topological polar surface area (TPSA) is 79.6 Å². The summed E-state index contributed by atoms with van der Waals surface area (Å²) in [7, 11) is 0. The number of benzene rings is 1. The highest BCUT2D eigenvalue weighted by molar-refractivity contribution is 5.70. The first-order valence-corrected chi connectivity index (χ1v) is 11.6. The minimum atomic E-state index is -3.12. The van der Waals surface area contributed by atoms with E-state index < -0.39 is 41.1 Å². The van der Waals surface area contributed by atoms with E-state index in [1.165, 1.54) is 0 Å². The normalized spacial score (nSPS) is 20.1. The summed E-state index contributed by atoms with van der Waals surface area (Å²) in [4.78, 5) is 25.4. The Morgan fingerprint density at radius 3 is 2.09 bits per heavy atom. The molecule has 1 aromatic carbocycles. The van der Waals surface area contributed by atoms with Crippen LogP contribution in [-0.2, 0) is 19.7 Å². The summed E-state index contributed by atoms with van der Waals surface area (Å²) in [5.74, 6) is -4.55. The van der Waals surface area contributed by atoms with Crippen LogP contribution in [0.3, 0.4) is 0 Å². The maximum atomic E-state index is 15.0. The number of alkyl halides is 2. The Hall–Kier alpha value is -2.69. The van der Waals surface area contributed by atoms with Gasteiger partial charge in [0.25, 0.3) is 5.92 Å². The Balaban J connectivity index is 2.10. The van der Waals surface area contributed by atoms with Crippen molar-refractivity contribution >= 4 is 12.1 Å². The first-order valence-electron chi connectivity index (χ1n) is 11.6. The average molecular weight is 479 g/mol. The van der Waals surface area contributed by atoms with E-state index >= 15 is 0 Å². The third-order valence-electron chi connectivity index (χ3n) is 5.70. The fraction of sp³-hybridized carbons (Fsp3) is 0.654. The zero-order valence-corrected chi connectivity index (χ0v) is 21.2. The molecular weight excluding hydrogens is 442 g/mol. The van der Waals surface area contributed by atoms with Crippen LogP contribution in [0.1, 0.15) is 84.8 Å². The van der Waals surface area contributed by atoms with E-state index in [0.717, 1.165) is 4.90 Å². The highest BCUT2D eigenvalue weighted by atomic mass is 19.3. The van der Waals surface area contributed by atoms with Crippen LogP contribution in [0.15, 0.2) is 24.3 Å². The minimum Gasteiger partial charge on any atom is -0.460 e. The van der Waals surface area contributed by atoms with Crippen molar-refractivity contribution in [3.63, 3.8) is 0 Å². The first kappa shape index (κ1) is 27.6. The SMILES string of the molecule is CC(C)(C)OC(=O)CC[C@@](C)(C#N)c1ccc(C2CCN(C(=O)OC(C)(C)C)CC2(F)F)cc1. The molecule has 0 aromatic heterocycles. The molecule has 188 valence electrons. The van der Waals surface area contributed by atoms with Crippen LogP contribution in [0.2, 0.25) is 0 Å². The maximum Gasteiger partial charge on any atom is 0.410 e. The molecule has 1 heterocycles. The lowest BCUT2D eigenvalue weighted by Gasteiger charge is -2.39. The zero-order chi connectivity index (χ0) is 25.9. The van der Waals surface area contributed by atoms with Gasteiger partial charge in [0.15, 0.2) is 0 Å². The molecule has 0 bridgehead atoms. The number of carbonyl (C=O) groups excluding carboxylic acids is 2. The molecule has 1 fully saturated rings. The number of rotatable bonds is 5. The van der Waals surface area contributed by atoms with E-state index in [2.05, 4.69) is 6.07 Å². The second-order valence-electron chi connectivity index (χ2n) is 11.2. The molecule has 1 aliphatic heterocycles. The zero-order valence-electron chi connectivity index (χ0n) is 21.2. The molecular formula is C26H36F2N2O4. The number of piperidine rings is 1. The van der Waals surface area contributed by atoms with Gasteiger partial charge in [-0.1, -0.05) is 24.3 Å². The maximum absolute atomic E-state index is 15.0. The third kappa shape index (κ3) is 7.41. The van der Waals surface area contributed by atoms with Crippen molar-refractivity contribution < 1.29 is 27.8 Å². The van der Waals surface area contributed by atoms with E-state index in [-0.39, 0.29) is 31.8 Å². The molecule has 8 heteroatoms. The van der Waals surface area contributed by atoms with Gasteiger partial charge in [0, 0.05) is 13.0 Å². The highest BCUT2D eigenvalue weighted by Crippen LogP contribution is 2.41. The lowest BCUT2D eigenvalue weighted by atomic mass is 9.78. The van der Waals surface area contributed by atoms with Crippen molar-refractivity contribution in [3.05, 3.63) is 35.4 Å². The number of amides is 1. The molecule has 1 amide bonds. The van der Waals surface area contributed by atoms with Gasteiger partial charge in [-0.15, -0.1) is 0 Å². The summed E-state index contributed by atoms with van der Waals surface area (Å²) in [6, 6.07) is 8.81. The number of hydrogen-bond acceptors (Lipinski definition) is 5. The van der Waals surface area contributed by atoms with Gasteiger partial charge in [-0.25, -0.2) is 13.6 Å². The fourth-order valence-electron chi connectivity index (χ4n) is 3.93. The summed E-state index contributed by atoms with van der Waals surface area (Å²) < 4.78 is 40.5. The summed E-state index contributed by atoms with van der Waals surface area (Å²) in [5, 5.41) is 9.78. The van der Waals surface area contributed by atoms with Gasteiger partial charge in [0.2, 0.25) is 0 Å². The molecule has 0 aliphatic carbocycles. The molecule has 1 aliphatic rings. The quantitative estimate of drug-likeness (QED) is 0.489. The standard InChI is InChI=1S/C26H36F2N2O4/c1-23(2,3)33-21(31)12-14-25(7,16-29)19-10-8-18(9-11-19)20-13-15-30(17-26(20,27)28)22(32)34-24(4,5)6/h8-11,20H,12-15,17H2,1-7H3/t20?,25-/m0/s1. The lowest BCUT2D eigenvalue weighted by Crippen LogP contribution is -2.50. The molecule has 1 unspecified atom stereocenters. The van der Waals surface area contributed by atoms with Crippen LogP contribution in [0.5, 0.6) is 0 Å². The number of nitrogens with zero attached hydrogens (tertiary/aromatic N) is 2. The molecule has 2 rings (SSSR count). The number of halogens is 2. The molecule has 6 nitrogen and oxygen atoms in total. The van der Waals surface area contributed by atoms with Crippen molar-refractivity contribution in [1.29, 1.82) is 5.26 Å². The molecule has 1 aromatic rings. The van der Waals surface area contributed by atoms with Crippen molar-refractivity contribution in [2.75, 3.05) is 13.1 Å². The van der Waals surface area contributed by atoms with E-state index in [4.69, 9.17) is 9.47 Å². The van der Waals surface area contributed by atoms with Crippen LogP contribution in [-0.4, -0.2) is 47.2 Å². The van der Waals surface area contributed by atoms with Crippen molar-refractivity contribution in [3.8, 4) is 6.07 Å². The summed E-state index contributed by atoms with van der Waals surface area (Å²) in [6.45, 7) is 11.6. The molecule has 2 atom stereocenters. The average Bonchev–Trinajstić information content (AvgIpc) is 2.69. The lowest BCUT2D eigenvalue weighted by molar-refractivity contribution is -0.155. The first-order chi connectivity index (χ1) is 15.5. The minimum absolute atomic E-state index is 0.0737. The molecule has 0 radical (unpaired) electrons. The van der Waals surface area contributed by atoms with Crippen LogP contribution in [0.4, 0.5) is 13.6 Å². The van der Waals surface area contributed by atoms with Gasteiger partial charge >= 0.3 is 12.1 Å². The number of nitriles is 1. The number of ether oxygens (including phenoxy) is 2. The van der Waals surface area contributed by atoms with E-state index in [9.17, 15) is 23.6 Å². The summed E-state index contributed by atoms with van der Waals surface area (Å²) in [6.07, 6.45) is -0.317. The number of esters is 1. The second kappa shape index (κ2) is 9.89. The number of likely N-dealkylation sites (tertiary alicyclic amines) is 1. The Morgan fingerprint density at radius 2 is 1.62 bits per heavy atom. The van der Waals surface area contributed by atoms with Crippen molar-refractivity contribution in [2.24, 2.45) is 0 Å². The monoisotopic (exact) mass is 478 g/mol. The van der Waals surface area contributed by atoms with E-state index in [1.807, 2.05) is 0 Å². The van der Waals surface area contributed by atoms with Gasteiger partial charge in [0.1, 0.15) is 11.2 Å². The molecule has 0 saturated carbocycles. The van der Waals surface area contributed by atoms with Gasteiger partial charge in [0.05, 0.1) is 23.9 Å². The predicted molar refractivity (Wildman–Crippen MR) is 125 cm³/mol. The largest absolute Gasteiger partial charge is 0.460 e. The summed E-state index contributed by atoms with van der Waals surface area (Å²) in [5.41, 5.74) is -1.22. The van der Waals surface area contributed by atoms with Gasteiger partial charge < -0.3 is 14.4 Å². The predicted octanol–water partition coefficient (Wildman–Crippen LogP) is 5.95. The van der Waals surface area contributed by atoms with Crippen LogP contribution in [0.25, 0.3) is 0 Å². The molecule has 0 N–H and O–H groups in total. The summed E-state index contributed by atoms with van der Waals surface area (Å²) >= 11 is 0. The Labute approximate surface area is 201 Å². The van der Waals surface area contributed by atoms with Gasteiger partial charge in [-0.2, -0.15) is 5.26 Å². The van der Waals surface area contributed by atoms with Crippen LogP contribution >= 0.6 is 0 Å². The third-order valence-corrected chi connectivity index (χ3v) is 5.70. The highest BCUT2D eigenvalue weighted by Gasteiger charge is 2.47. The van der Waals surface area contributed by atoms with Gasteiger partial charge in [-0.3, -0.25) is 4.79 Å². The van der Waals surface area contributed by atoms with E-state index in [1.54, 1.807) is 72.7 Å². The second-order valence-corrected chi connectivity index (χ2v) is 11.2. The Morgan fingerprint density at radius 1 is 1.06 bits per heavy atom. The number of carbonyl (C=O) groups is 2. The van der Waals surface area contributed by atoms with Gasteiger partial charge in [-0.05, 0) is 72.4 Å². The van der Waals surface area contributed by atoms with Crippen LogP contribution in [0, 0.1) is 11.3 Å². The Bertz CT molecular complexity index is 926. The number of hydrogen-bond donors (Lipinski definition) is 0.